The van der Waals surface area contributed by atoms with Crippen LogP contribution in [0, 0.1) is 5.82 Å². The summed E-state index contributed by atoms with van der Waals surface area (Å²) in [6.07, 6.45) is 2.48. The average molecular weight is 299 g/mol. The van der Waals surface area contributed by atoms with Gasteiger partial charge in [0.1, 0.15) is 5.82 Å². The van der Waals surface area contributed by atoms with E-state index in [1.54, 1.807) is 0 Å². The quantitative estimate of drug-likeness (QED) is 0.827. The summed E-state index contributed by atoms with van der Waals surface area (Å²) >= 11 is 0. The molecule has 3 heteroatoms. The fourth-order valence-electron chi connectivity index (χ4n) is 2.87. The van der Waals surface area contributed by atoms with E-state index < -0.39 is 0 Å². The third kappa shape index (κ3) is 4.39. The van der Waals surface area contributed by atoms with Crippen LogP contribution in [0.3, 0.4) is 0 Å². The van der Waals surface area contributed by atoms with Crippen molar-refractivity contribution in [3.63, 3.8) is 0 Å². The molecule has 1 fully saturated rings. The lowest BCUT2D eigenvalue weighted by molar-refractivity contribution is -0.00394. The predicted molar refractivity (Wildman–Crippen MR) is 85.9 cm³/mol. The van der Waals surface area contributed by atoms with E-state index in [-0.39, 0.29) is 5.82 Å². The van der Waals surface area contributed by atoms with Crippen molar-refractivity contribution in [3.8, 4) is 0 Å². The lowest BCUT2D eigenvalue weighted by atomic mass is 10.1. The van der Waals surface area contributed by atoms with Crippen LogP contribution in [0.15, 0.2) is 54.6 Å². The first-order chi connectivity index (χ1) is 10.8. The van der Waals surface area contributed by atoms with E-state index in [9.17, 15) is 4.39 Å². The maximum absolute atomic E-state index is 12.9. The summed E-state index contributed by atoms with van der Waals surface area (Å²) in [6.45, 7) is 3.67. The Morgan fingerprint density at radius 3 is 2.27 bits per heavy atom. The molecule has 0 aromatic heterocycles. The van der Waals surface area contributed by atoms with Crippen molar-refractivity contribution in [3.05, 3.63) is 71.5 Å². The van der Waals surface area contributed by atoms with Crippen LogP contribution in [0.25, 0.3) is 0 Å². The molecule has 22 heavy (non-hydrogen) atoms. The molecule has 0 unspecified atom stereocenters. The minimum absolute atomic E-state index is 0.170. The molecule has 0 amide bonds. The third-order valence-corrected chi connectivity index (χ3v) is 4.18. The molecule has 1 saturated heterocycles. The fraction of sp³-hybridized carbons (Fsp3) is 0.368. The molecule has 0 N–H and O–H groups in total. The van der Waals surface area contributed by atoms with Crippen LogP contribution >= 0.6 is 0 Å². The van der Waals surface area contributed by atoms with Gasteiger partial charge in [0, 0.05) is 19.6 Å². The van der Waals surface area contributed by atoms with Gasteiger partial charge in [0.15, 0.2) is 0 Å². The predicted octanol–water partition coefficient (Wildman–Crippen LogP) is 4.01. The van der Waals surface area contributed by atoms with Gasteiger partial charge in [-0.2, -0.15) is 0 Å². The smallest absolute Gasteiger partial charge is 0.123 e. The highest BCUT2D eigenvalue weighted by molar-refractivity contribution is 5.16. The molecule has 1 aliphatic heterocycles. The summed E-state index contributed by atoms with van der Waals surface area (Å²) in [4.78, 5) is 2.41. The SMILES string of the molecule is Fc1ccc(CN2CCC(OCc3ccccc3)CC2)cc1. The highest BCUT2D eigenvalue weighted by Crippen LogP contribution is 2.18. The summed E-state index contributed by atoms with van der Waals surface area (Å²) in [7, 11) is 0. The number of halogens is 1. The van der Waals surface area contributed by atoms with E-state index in [1.807, 2.05) is 30.3 Å². The van der Waals surface area contributed by atoms with Gasteiger partial charge < -0.3 is 4.74 Å². The van der Waals surface area contributed by atoms with Crippen molar-refractivity contribution in [2.45, 2.75) is 32.1 Å². The Labute approximate surface area is 131 Å². The van der Waals surface area contributed by atoms with Crippen LogP contribution in [-0.2, 0) is 17.9 Å². The van der Waals surface area contributed by atoms with Crippen LogP contribution in [0.4, 0.5) is 4.39 Å². The van der Waals surface area contributed by atoms with Crippen LogP contribution in [-0.4, -0.2) is 24.1 Å². The van der Waals surface area contributed by atoms with Crippen molar-refractivity contribution >= 4 is 0 Å². The minimum Gasteiger partial charge on any atom is -0.373 e. The van der Waals surface area contributed by atoms with Gasteiger partial charge in [-0.05, 0) is 36.1 Å². The second-order valence-corrected chi connectivity index (χ2v) is 5.90. The zero-order valence-electron chi connectivity index (χ0n) is 12.7. The number of benzene rings is 2. The zero-order valence-corrected chi connectivity index (χ0v) is 12.7. The molecule has 2 aromatic carbocycles. The molecule has 1 heterocycles. The third-order valence-electron chi connectivity index (χ3n) is 4.18. The molecule has 0 spiro atoms. The van der Waals surface area contributed by atoms with Crippen molar-refractivity contribution in [2.24, 2.45) is 0 Å². The van der Waals surface area contributed by atoms with Crippen LogP contribution in [0.1, 0.15) is 24.0 Å². The van der Waals surface area contributed by atoms with Crippen LogP contribution in [0.2, 0.25) is 0 Å². The largest absolute Gasteiger partial charge is 0.373 e. The van der Waals surface area contributed by atoms with Gasteiger partial charge >= 0.3 is 0 Å². The monoisotopic (exact) mass is 299 g/mol. The molecule has 0 atom stereocenters. The Hall–Kier alpha value is -1.71. The Morgan fingerprint density at radius 2 is 1.59 bits per heavy atom. The van der Waals surface area contributed by atoms with Crippen molar-refractivity contribution in [1.82, 2.24) is 4.90 Å². The van der Waals surface area contributed by atoms with E-state index >= 15 is 0 Å². The molecular formula is C19H22FNO. The molecular weight excluding hydrogens is 277 g/mol. The van der Waals surface area contributed by atoms with Crippen LogP contribution in [0.5, 0.6) is 0 Å². The highest BCUT2D eigenvalue weighted by Gasteiger charge is 2.19. The summed E-state index contributed by atoms with van der Waals surface area (Å²) in [5, 5.41) is 0. The number of rotatable bonds is 5. The Balaban J connectivity index is 1.41. The summed E-state index contributed by atoms with van der Waals surface area (Å²) in [5.41, 5.74) is 2.40. The first-order valence-corrected chi connectivity index (χ1v) is 7.92. The zero-order chi connectivity index (χ0) is 15.2. The van der Waals surface area contributed by atoms with Gasteiger partial charge in [-0.1, -0.05) is 42.5 Å². The number of likely N-dealkylation sites (tertiary alicyclic amines) is 1. The van der Waals surface area contributed by atoms with Crippen LogP contribution < -0.4 is 0 Å². The maximum atomic E-state index is 12.9. The molecule has 3 rings (SSSR count). The Morgan fingerprint density at radius 1 is 0.909 bits per heavy atom. The van der Waals surface area contributed by atoms with E-state index in [2.05, 4.69) is 17.0 Å². The van der Waals surface area contributed by atoms with E-state index in [0.29, 0.717) is 12.7 Å². The van der Waals surface area contributed by atoms with E-state index in [1.165, 1.54) is 23.3 Å². The molecule has 116 valence electrons. The number of hydrogen-bond acceptors (Lipinski definition) is 2. The van der Waals surface area contributed by atoms with Crippen molar-refractivity contribution in [1.29, 1.82) is 0 Å². The van der Waals surface area contributed by atoms with E-state index in [0.717, 1.165) is 32.5 Å². The first-order valence-electron chi connectivity index (χ1n) is 7.92. The highest BCUT2D eigenvalue weighted by atomic mass is 19.1. The second-order valence-electron chi connectivity index (χ2n) is 5.90. The van der Waals surface area contributed by atoms with Gasteiger partial charge in [-0.3, -0.25) is 4.90 Å². The Kier molecular flexibility index (Phi) is 5.20. The molecule has 0 radical (unpaired) electrons. The van der Waals surface area contributed by atoms with Gasteiger partial charge in [-0.25, -0.2) is 4.39 Å². The standard InChI is InChI=1S/C19H22FNO/c20-18-8-6-16(7-9-18)14-21-12-10-19(11-13-21)22-15-17-4-2-1-3-5-17/h1-9,19H,10-15H2. The van der Waals surface area contributed by atoms with Gasteiger partial charge in [0.2, 0.25) is 0 Å². The number of hydrogen-bond donors (Lipinski definition) is 0. The minimum atomic E-state index is -0.170. The first kappa shape index (κ1) is 15.2. The van der Waals surface area contributed by atoms with Crippen molar-refractivity contribution < 1.29 is 9.13 Å². The summed E-state index contributed by atoms with van der Waals surface area (Å²) in [6, 6.07) is 17.1. The summed E-state index contributed by atoms with van der Waals surface area (Å²) < 4.78 is 18.9. The van der Waals surface area contributed by atoms with Gasteiger partial charge in [0.05, 0.1) is 12.7 Å². The molecule has 0 bridgehead atoms. The molecule has 1 aliphatic rings. The van der Waals surface area contributed by atoms with E-state index in [4.69, 9.17) is 4.74 Å². The summed E-state index contributed by atoms with van der Waals surface area (Å²) in [5.74, 6) is -0.170. The topological polar surface area (TPSA) is 12.5 Å². The average Bonchev–Trinajstić information content (AvgIpc) is 2.57. The number of ether oxygens (including phenoxy) is 1. The normalized spacial score (nSPS) is 16.8. The second kappa shape index (κ2) is 7.52. The maximum Gasteiger partial charge on any atom is 0.123 e. The Bertz CT molecular complexity index is 562. The molecule has 2 nitrogen and oxygen atoms in total. The van der Waals surface area contributed by atoms with Gasteiger partial charge in [-0.15, -0.1) is 0 Å². The lowest BCUT2D eigenvalue weighted by Gasteiger charge is -2.32. The molecule has 0 saturated carbocycles. The molecule has 2 aromatic rings. The van der Waals surface area contributed by atoms with Crippen molar-refractivity contribution in [2.75, 3.05) is 13.1 Å². The number of piperidine rings is 1. The molecule has 0 aliphatic carbocycles. The fourth-order valence-corrected chi connectivity index (χ4v) is 2.87. The van der Waals surface area contributed by atoms with Gasteiger partial charge in [0.25, 0.3) is 0 Å². The lowest BCUT2D eigenvalue weighted by Crippen LogP contribution is -2.36. The number of nitrogens with zero attached hydrogens (tertiary/aromatic N) is 1.